The Bertz CT molecular complexity index is 448. The van der Waals surface area contributed by atoms with Crippen molar-refractivity contribution in [3.05, 3.63) is 29.3 Å². The highest BCUT2D eigenvalue weighted by molar-refractivity contribution is 5.74. The molecule has 19 heavy (non-hydrogen) atoms. The lowest BCUT2D eigenvalue weighted by Crippen LogP contribution is -2.42. The Morgan fingerprint density at radius 2 is 2.37 bits per heavy atom. The first kappa shape index (κ1) is 13.7. The Hall–Kier alpha value is -1.75. The Kier molecular flexibility index (Phi) is 4.63. The lowest BCUT2D eigenvalue weighted by molar-refractivity contribution is 0.220. The van der Waals surface area contributed by atoms with Crippen LogP contribution in [0.3, 0.4) is 0 Å². The van der Waals surface area contributed by atoms with E-state index < -0.39 is 0 Å². The van der Waals surface area contributed by atoms with Gasteiger partial charge in [0.1, 0.15) is 5.75 Å². The van der Waals surface area contributed by atoms with E-state index in [1.54, 1.807) is 6.92 Å². The fraction of sp³-hybridized carbons (Fsp3) is 0.500. The van der Waals surface area contributed by atoms with Crippen LogP contribution in [0.4, 0.5) is 4.79 Å². The smallest absolute Gasteiger partial charge is 0.315 e. The minimum absolute atomic E-state index is 0.0573. The van der Waals surface area contributed by atoms with Crippen LogP contribution in [-0.4, -0.2) is 36.9 Å². The van der Waals surface area contributed by atoms with Gasteiger partial charge in [0.25, 0.3) is 0 Å². The van der Waals surface area contributed by atoms with Crippen LogP contribution in [0.2, 0.25) is 0 Å². The molecule has 1 atom stereocenters. The van der Waals surface area contributed by atoms with Crippen molar-refractivity contribution >= 4 is 6.03 Å². The molecule has 0 saturated carbocycles. The first-order valence-electron chi connectivity index (χ1n) is 6.59. The first-order chi connectivity index (χ1) is 9.19. The maximum atomic E-state index is 11.4. The third-order valence-corrected chi connectivity index (χ3v) is 3.10. The van der Waals surface area contributed by atoms with Gasteiger partial charge in [-0.3, -0.25) is 0 Å². The average molecular weight is 264 g/mol. The molecule has 1 aromatic carbocycles. The first-order valence-corrected chi connectivity index (χ1v) is 6.59. The SMILES string of the molecule is CC(CO)NC(=O)NCCc1ccc2c(c1)CCO2. The molecular weight excluding hydrogens is 244 g/mol. The molecule has 104 valence electrons. The molecule has 1 aromatic rings. The fourth-order valence-corrected chi connectivity index (χ4v) is 2.04. The van der Waals surface area contributed by atoms with E-state index in [1.165, 1.54) is 11.1 Å². The summed E-state index contributed by atoms with van der Waals surface area (Å²) in [6, 6.07) is 5.69. The van der Waals surface area contributed by atoms with Crippen molar-refractivity contribution in [1.82, 2.24) is 10.6 Å². The molecule has 5 heteroatoms. The monoisotopic (exact) mass is 264 g/mol. The van der Waals surface area contributed by atoms with E-state index >= 15 is 0 Å². The van der Waals surface area contributed by atoms with Crippen LogP contribution in [0.5, 0.6) is 5.75 Å². The zero-order valence-corrected chi connectivity index (χ0v) is 11.1. The number of ether oxygens (including phenoxy) is 1. The summed E-state index contributed by atoms with van der Waals surface area (Å²) in [5.41, 5.74) is 2.44. The van der Waals surface area contributed by atoms with Crippen LogP contribution in [0.15, 0.2) is 18.2 Å². The molecule has 3 N–H and O–H groups in total. The second kappa shape index (κ2) is 6.43. The molecular formula is C14H20N2O3. The van der Waals surface area contributed by atoms with Crippen molar-refractivity contribution in [3.63, 3.8) is 0 Å². The molecule has 0 aliphatic carbocycles. The van der Waals surface area contributed by atoms with Crippen molar-refractivity contribution < 1.29 is 14.6 Å². The summed E-state index contributed by atoms with van der Waals surface area (Å²) in [6.45, 7) is 3.03. The molecule has 1 heterocycles. The zero-order chi connectivity index (χ0) is 13.7. The summed E-state index contributed by atoms with van der Waals surface area (Å²) in [4.78, 5) is 11.4. The van der Waals surface area contributed by atoms with Crippen molar-refractivity contribution in [2.75, 3.05) is 19.8 Å². The summed E-state index contributed by atoms with van der Waals surface area (Å²) in [7, 11) is 0. The van der Waals surface area contributed by atoms with Gasteiger partial charge in [0.15, 0.2) is 0 Å². The minimum atomic E-state index is -0.244. The molecule has 0 radical (unpaired) electrons. The van der Waals surface area contributed by atoms with Crippen LogP contribution in [0.25, 0.3) is 0 Å². The van der Waals surface area contributed by atoms with Gasteiger partial charge in [0.05, 0.1) is 19.3 Å². The highest BCUT2D eigenvalue weighted by Gasteiger charge is 2.12. The largest absolute Gasteiger partial charge is 0.493 e. The highest BCUT2D eigenvalue weighted by atomic mass is 16.5. The van der Waals surface area contributed by atoms with Crippen molar-refractivity contribution in [2.24, 2.45) is 0 Å². The van der Waals surface area contributed by atoms with E-state index in [-0.39, 0.29) is 18.7 Å². The number of hydrogen-bond donors (Lipinski definition) is 3. The van der Waals surface area contributed by atoms with Gasteiger partial charge >= 0.3 is 6.03 Å². The number of urea groups is 1. The Labute approximate surface area is 113 Å². The van der Waals surface area contributed by atoms with Gasteiger partial charge in [-0.1, -0.05) is 12.1 Å². The molecule has 1 unspecified atom stereocenters. The zero-order valence-electron chi connectivity index (χ0n) is 11.1. The third-order valence-electron chi connectivity index (χ3n) is 3.10. The van der Waals surface area contributed by atoms with Crippen molar-refractivity contribution in [2.45, 2.75) is 25.8 Å². The molecule has 0 saturated heterocycles. The minimum Gasteiger partial charge on any atom is -0.493 e. The van der Waals surface area contributed by atoms with Gasteiger partial charge in [0, 0.05) is 13.0 Å². The lowest BCUT2D eigenvalue weighted by atomic mass is 10.1. The third kappa shape index (κ3) is 3.86. The van der Waals surface area contributed by atoms with E-state index in [1.807, 2.05) is 12.1 Å². The quantitative estimate of drug-likeness (QED) is 0.738. The second-order valence-corrected chi connectivity index (χ2v) is 4.77. The number of carbonyl (C=O) groups is 1. The Morgan fingerprint density at radius 3 is 3.16 bits per heavy atom. The predicted molar refractivity (Wildman–Crippen MR) is 72.4 cm³/mol. The molecule has 2 amide bonds. The number of carbonyl (C=O) groups excluding carboxylic acids is 1. The fourth-order valence-electron chi connectivity index (χ4n) is 2.04. The maximum absolute atomic E-state index is 11.4. The summed E-state index contributed by atoms with van der Waals surface area (Å²) in [5.74, 6) is 0.978. The molecule has 5 nitrogen and oxygen atoms in total. The number of aliphatic hydroxyl groups excluding tert-OH is 1. The number of rotatable bonds is 5. The van der Waals surface area contributed by atoms with Gasteiger partial charge < -0.3 is 20.5 Å². The van der Waals surface area contributed by atoms with Crippen molar-refractivity contribution in [1.29, 1.82) is 0 Å². The number of nitrogens with one attached hydrogen (secondary N) is 2. The summed E-state index contributed by atoms with van der Waals surface area (Å²) in [5, 5.41) is 14.2. The van der Waals surface area contributed by atoms with Crippen LogP contribution in [0.1, 0.15) is 18.1 Å². The predicted octanol–water partition coefficient (Wildman–Crippen LogP) is 0.844. The van der Waals surface area contributed by atoms with E-state index in [2.05, 4.69) is 16.7 Å². The maximum Gasteiger partial charge on any atom is 0.315 e. The Balaban J connectivity index is 1.75. The number of benzene rings is 1. The van der Waals surface area contributed by atoms with Gasteiger partial charge in [-0.15, -0.1) is 0 Å². The van der Waals surface area contributed by atoms with Gasteiger partial charge in [-0.2, -0.15) is 0 Å². The average Bonchev–Trinajstić information content (AvgIpc) is 2.86. The number of amides is 2. The molecule has 1 aliphatic rings. The molecule has 0 bridgehead atoms. The van der Waals surface area contributed by atoms with Gasteiger partial charge in [0.2, 0.25) is 0 Å². The number of hydrogen-bond acceptors (Lipinski definition) is 3. The van der Waals surface area contributed by atoms with Crippen LogP contribution in [0, 0.1) is 0 Å². The highest BCUT2D eigenvalue weighted by Crippen LogP contribution is 2.25. The molecule has 0 fully saturated rings. The number of aliphatic hydroxyl groups is 1. The van der Waals surface area contributed by atoms with E-state index in [0.29, 0.717) is 6.54 Å². The molecule has 2 rings (SSSR count). The number of fused-ring (bicyclic) bond motifs is 1. The van der Waals surface area contributed by atoms with E-state index in [4.69, 9.17) is 9.84 Å². The van der Waals surface area contributed by atoms with E-state index in [0.717, 1.165) is 25.2 Å². The van der Waals surface area contributed by atoms with E-state index in [9.17, 15) is 4.79 Å². The van der Waals surface area contributed by atoms with Crippen molar-refractivity contribution in [3.8, 4) is 5.75 Å². The Morgan fingerprint density at radius 1 is 1.53 bits per heavy atom. The normalized spacial score (nSPS) is 14.4. The molecule has 1 aliphatic heterocycles. The van der Waals surface area contributed by atoms with Crippen LogP contribution < -0.4 is 15.4 Å². The molecule has 0 spiro atoms. The molecule has 0 aromatic heterocycles. The van der Waals surface area contributed by atoms with Crippen LogP contribution in [-0.2, 0) is 12.8 Å². The summed E-state index contributed by atoms with van der Waals surface area (Å²) < 4.78 is 5.45. The summed E-state index contributed by atoms with van der Waals surface area (Å²) in [6.07, 6.45) is 1.75. The summed E-state index contributed by atoms with van der Waals surface area (Å²) >= 11 is 0. The standard InChI is InChI=1S/C14H20N2O3/c1-10(9-17)16-14(18)15-6-4-11-2-3-13-12(8-11)5-7-19-13/h2-3,8,10,17H,4-7,9H2,1H3,(H2,15,16,18). The van der Waals surface area contributed by atoms with Crippen LogP contribution >= 0.6 is 0 Å². The van der Waals surface area contributed by atoms with Gasteiger partial charge in [-0.25, -0.2) is 4.79 Å². The second-order valence-electron chi connectivity index (χ2n) is 4.77. The topological polar surface area (TPSA) is 70.6 Å². The lowest BCUT2D eigenvalue weighted by Gasteiger charge is -2.12. The van der Waals surface area contributed by atoms with Gasteiger partial charge in [-0.05, 0) is 30.5 Å².